The number of nitrogens with one attached hydrogen (secondary N) is 1. The number of carbonyl (C=O) groups excluding carboxylic acids is 1. The maximum absolute atomic E-state index is 12.1. The Balaban J connectivity index is 1.70. The molecule has 0 aromatic carbocycles. The molecule has 1 atom stereocenters. The Morgan fingerprint density at radius 2 is 2.07 bits per heavy atom. The first-order valence-electron chi connectivity index (χ1n) is 8.96. The highest BCUT2D eigenvalue weighted by Crippen LogP contribution is 2.30. The Labute approximate surface area is 167 Å². The number of anilines is 2. The smallest absolute Gasteiger partial charge is 0.247 e. The van der Waals surface area contributed by atoms with Gasteiger partial charge in [-0.2, -0.15) is 12.6 Å². The molecule has 1 N–H and O–H groups in total. The van der Waals surface area contributed by atoms with Crippen LogP contribution in [0.3, 0.4) is 0 Å². The molecule has 9 nitrogen and oxygen atoms in total. The number of carbonyl (C=O) groups is 1. The number of nitrogens with zero attached hydrogens (tertiary/aromatic N) is 7. The van der Waals surface area contributed by atoms with Crippen LogP contribution < -0.4 is 10.2 Å². The Morgan fingerprint density at radius 1 is 1.25 bits per heavy atom. The topological polar surface area (TPSA) is 102 Å². The summed E-state index contributed by atoms with van der Waals surface area (Å²) in [6.07, 6.45) is 3.32. The SMILES string of the molecule is CCN1C(=O)CNc2ncc(-c3ccc(-c4ncn(C(C)S)n4)nc3C)nc21. The van der Waals surface area contributed by atoms with Crippen LogP contribution in [-0.2, 0) is 4.79 Å². The van der Waals surface area contributed by atoms with Crippen molar-refractivity contribution in [2.75, 3.05) is 23.3 Å². The molecule has 1 aliphatic rings. The number of hydrogen-bond acceptors (Lipinski definition) is 8. The van der Waals surface area contributed by atoms with Gasteiger partial charge in [-0.25, -0.2) is 24.6 Å². The molecular formula is C18H20N8OS. The zero-order valence-corrected chi connectivity index (χ0v) is 16.7. The van der Waals surface area contributed by atoms with Crippen LogP contribution in [0.5, 0.6) is 0 Å². The number of rotatable bonds is 4. The maximum Gasteiger partial charge on any atom is 0.247 e. The van der Waals surface area contributed by atoms with Crippen LogP contribution in [0.2, 0.25) is 0 Å². The third-order valence-corrected chi connectivity index (χ3v) is 4.75. The Morgan fingerprint density at radius 3 is 2.75 bits per heavy atom. The third-order valence-electron chi connectivity index (χ3n) is 4.52. The van der Waals surface area contributed by atoms with Crippen molar-refractivity contribution in [3.63, 3.8) is 0 Å². The first-order valence-corrected chi connectivity index (χ1v) is 9.48. The van der Waals surface area contributed by atoms with E-state index in [2.05, 4.69) is 43.0 Å². The summed E-state index contributed by atoms with van der Waals surface area (Å²) in [6, 6.07) is 3.78. The molecule has 4 rings (SSSR count). The van der Waals surface area contributed by atoms with E-state index in [1.54, 1.807) is 22.1 Å². The number of hydrogen-bond donors (Lipinski definition) is 2. The predicted octanol–water partition coefficient (Wildman–Crippen LogP) is 2.33. The normalized spacial score (nSPS) is 14.6. The number of thiol groups is 1. The summed E-state index contributed by atoms with van der Waals surface area (Å²) in [5.41, 5.74) is 2.95. The lowest BCUT2D eigenvalue weighted by molar-refractivity contribution is -0.117. The van der Waals surface area contributed by atoms with Crippen LogP contribution >= 0.6 is 12.6 Å². The van der Waals surface area contributed by atoms with Gasteiger partial charge in [0.15, 0.2) is 17.5 Å². The lowest BCUT2D eigenvalue weighted by atomic mass is 10.1. The van der Waals surface area contributed by atoms with Gasteiger partial charge in [-0.05, 0) is 32.9 Å². The van der Waals surface area contributed by atoms with E-state index in [1.165, 1.54) is 0 Å². The van der Waals surface area contributed by atoms with Crippen molar-refractivity contribution in [2.45, 2.75) is 26.1 Å². The summed E-state index contributed by atoms with van der Waals surface area (Å²) >= 11 is 4.35. The molecule has 4 heterocycles. The van der Waals surface area contributed by atoms with Gasteiger partial charge in [-0.3, -0.25) is 9.69 Å². The minimum atomic E-state index is -0.0646. The van der Waals surface area contributed by atoms with Gasteiger partial charge in [-0.15, -0.1) is 5.10 Å². The van der Waals surface area contributed by atoms with Crippen LogP contribution in [-0.4, -0.2) is 48.7 Å². The van der Waals surface area contributed by atoms with Crippen LogP contribution in [0.25, 0.3) is 22.8 Å². The molecule has 1 aliphatic heterocycles. The van der Waals surface area contributed by atoms with E-state index in [-0.39, 0.29) is 17.8 Å². The average molecular weight is 396 g/mol. The second kappa shape index (κ2) is 7.19. The first-order chi connectivity index (χ1) is 13.5. The van der Waals surface area contributed by atoms with Gasteiger partial charge >= 0.3 is 0 Å². The van der Waals surface area contributed by atoms with Crippen LogP contribution in [0.1, 0.15) is 24.9 Å². The van der Waals surface area contributed by atoms with E-state index in [4.69, 9.17) is 0 Å². The van der Waals surface area contributed by atoms with Crippen molar-refractivity contribution in [2.24, 2.45) is 0 Å². The molecule has 0 bridgehead atoms. The van der Waals surface area contributed by atoms with Gasteiger partial charge in [0.2, 0.25) is 5.91 Å². The fraction of sp³-hybridized carbons (Fsp3) is 0.333. The molecule has 0 spiro atoms. The van der Waals surface area contributed by atoms with Crippen LogP contribution in [0.15, 0.2) is 24.7 Å². The first kappa shape index (κ1) is 18.4. The van der Waals surface area contributed by atoms with Crippen molar-refractivity contribution >= 4 is 30.2 Å². The molecule has 0 aliphatic carbocycles. The summed E-state index contributed by atoms with van der Waals surface area (Å²) in [5.74, 6) is 1.68. The molecule has 28 heavy (non-hydrogen) atoms. The molecular weight excluding hydrogens is 376 g/mol. The molecule has 1 amide bonds. The molecule has 1 unspecified atom stereocenters. The van der Waals surface area contributed by atoms with E-state index >= 15 is 0 Å². The maximum atomic E-state index is 12.1. The summed E-state index contributed by atoms with van der Waals surface area (Å²) in [6.45, 7) is 6.51. The monoisotopic (exact) mass is 396 g/mol. The van der Waals surface area contributed by atoms with Gasteiger partial charge < -0.3 is 5.32 Å². The summed E-state index contributed by atoms with van der Waals surface area (Å²) < 4.78 is 1.67. The van der Waals surface area contributed by atoms with Gasteiger partial charge in [0, 0.05) is 17.8 Å². The number of pyridine rings is 1. The molecule has 0 saturated heterocycles. The van der Waals surface area contributed by atoms with Crippen molar-refractivity contribution in [3.8, 4) is 22.8 Å². The molecule has 0 radical (unpaired) electrons. The van der Waals surface area contributed by atoms with Crippen molar-refractivity contribution < 1.29 is 4.79 Å². The van der Waals surface area contributed by atoms with Gasteiger partial charge in [0.25, 0.3) is 0 Å². The Hall–Kier alpha value is -3.01. The zero-order valence-electron chi connectivity index (χ0n) is 15.8. The Bertz CT molecular complexity index is 1050. The summed E-state index contributed by atoms with van der Waals surface area (Å²) in [4.78, 5) is 31.8. The number of likely N-dealkylation sites (N-methyl/N-ethyl adjacent to an activating group) is 1. The fourth-order valence-corrected chi connectivity index (χ4v) is 3.16. The highest BCUT2D eigenvalue weighted by atomic mass is 32.1. The number of amides is 1. The van der Waals surface area contributed by atoms with Crippen molar-refractivity contribution in [3.05, 3.63) is 30.4 Å². The molecule has 3 aromatic heterocycles. The van der Waals surface area contributed by atoms with E-state index < -0.39 is 0 Å². The fourth-order valence-electron chi connectivity index (χ4n) is 3.05. The van der Waals surface area contributed by atoms with Gasteiger partial charge in [-0.1, -0.05) is 0 Å². The third kappa shape index (κ3) is 3.19. The standard InChI is InChI=1S/C18H20N8OS/c1-4-25-15(27)8-20-17-18(25)23-14(7-19-17)12-5-6-13(22-10(12)2)16-21-9-26(24-16)11(3)28/h5-7,9,11,28H,4,8H2,1-3H3,(H,19,20). The zero-order chi connectivity index (χ0) is 19.8. The van der Waals surface area contributed by atoms with E-state index in [0.29, 0.717) is 35.4 Å². The minimum Gasteiger partial charge on any atom is -0.358 e. The lowest BCUT2D eigenvalue weighted by Crippen LogP contribution is -2.40. The molecule has 3 aromatic rings. The van der Waals surface area contributed by atoms with Crippen molar-refractivity contribution in [1.29, 1.82) is 0 Å². The van der Waals surface area contributed by atoms with Gasteiger partial charge in [0.05, 0.1) is 23.8 Å². The molecule has 10 heteroatoms. The minimum absolute atomic E-state index is 0.0216. The average Bonchev–Trinajstić information content (AvgIpc) is 3.18. The number of aryl methyl sites for hydroxylation is 1. The van der Waals surface area contributed by atoms with E-state index in [1.807, 2.05) is 32.9 Å². The van der Waals surface area contributed by atoms with E-state index in [0.717, 1.165) is 11.3 Å². The van der Waals surface area contributed by atoms with Gasteiger partial charge in [0.1, 0.15) is 12.0 Å². The highest BCUT2D eigenvalue weighted by Gasteiger charge is 2.25. The van der Waals surface area contributed by atoms with Crippen LogP contribution in [0.4, 0.5) is 11.6 Å². The largest absolute Gasteiger partial charge is 0.358 e. The summed E-state index contributed by atoms with van der Waals surface area (Å²) in [7, 11) is 0. The summed E-state index contributed by atoms with van der Waals surface area (Å²) in [5, 5.41) is 7.34. The second-order valence-electron chi connectivity index (χ2n) is 6.43. The van der Waals surface area contributed by atoms with Crippen LogP contribution in [0, 0.1) is 6.92 Å². The van der Waals surface area contributed by atoms with Crippen molar-refractivity contribution in [1.82, 2.24) is 29.7 Å². The number of fused-ring (bicyclic) bond motifs is 1. The second-order valence-corrected chi connectivity index (χ2v) is 7.18. The highest BCUT2D eigenvalue weighted by molar-refractivity contribution is 7.80. The molecule has 0 saturated carbocycles. The van der Waals surface area contributed by atoms with E-state index in [9.17, 15) is 4.79 Å². The Kier molecular flexibility index (Phi) is 4.71. The lowest BCUT2D eigenvalue weighted by Gasteiger charge is -2.27. The number of aromatic nitrogens is 6. The molecule has 0 fully saturated rings. The predicted molar refractivity (Wildman–Crippen MR) is 109 cm³/mol. The molecule has 144 valence electrons. The quantitative estimate of drug-likeness (QED) is 0.653.